The number of pyridine rings is 1. The van der Waals surface area contributed by atoms with Crippen LogP contribution in [0.2, 0.25) is 0 Å². The topological polar surface area (TPSA) is 93.9 Å². The number of nitrogens with one attached hydrogen (secondary N) is 3. The fourth-order valence-corrected chi connectivity index (χ4v) is 3.34. The van der Waals surface area contributed by atoms with E-state index >= 15 is 0 Å². The van der Waals surface area contributed by atoms with E-state index in [1.165, 1.54) is 12.8 Å². The molecule has 0 aliphatic carbocycles. The number of nitrogens with zero attached hydrogens (tertiary/aromatic N) is 2. The molecule has 0 radical (unpaired) electrons. The van der Waals surface area contributed by atoms with E-state index in [1.54, 1.807) is 6.07 Å². The van der Waals surface area contributed by atoms with Gasteiger partial charge in [0.25, 0.3) is 11.5 Å². The molecule has 3 rings (SSSR count). The number of carbonyl (C=O) groups is 1. The third kappa shape index (κ3) is 4.22. The van der Waals surface area contributed by atoms with E-state index < -0.39 is 0 Å². The van der Waals surface area contributed by atoms with Gasteiger partial charge in [0.2, 0.25) is 0 Å². The van der Waals surface area contributed by atoms with Gasteiger partial charge in [-0.1, -0.05) is 6.92 Å². The lowest BCUT2D eigenvalue weighted by atomic mass is 9.99. The molecule has 140 valence electrons. The molecular weight excluding hydrogens is 330 g/mol. The molecule has 2 aromatic rings. The monoisotopic (exact) mass is 357 g/mol. The van der Waals surface area contributed by atoms with Gasteiger partial charge in [-0.3, -0.25) is 19.6 Å². The zero-order valence-electron chi connectivity index (χ0n) is 15.7. The maximum atomic E-state index is 12.3. The average molecular weight is 357 g/mol. The van der Waals surface area contributed by atoms with Crippen molar-refractivity contribution in [1.82, 2.24) is 25.4 Å². The third-order valence-electron chi connectivity index (χ3n) is 5.19. The Labute approximate surface area is 153 Å². The molecule has 1 fully saturated rings. The summed E-state index contributed by atoms with van der Waals surface area (Å²) in [5, 5.41) is 9.79. The number of hydrogen-bond donors (Lipinski definition) is 3. The zero-order chi connectivity index (χ0) is 18.7. The first-order chi connectivity index (χ1) is 12.4. The molecule has 7 heteroatoms. The smallest absolute Gasteiger partial charge is 0.261 e. The maximum Gasteiger partial charge on any atom is 0.261 e. The van der Waals surface area contributed by atoms with Crippen molar-refractivity contribution in [2.75, 3.05) is 13.1 Å². The summed E-state index contributed by atoms with van der Waals surface area (Å²) in [6.45, 7) is 9.23. The number of H-pyrrole nitrogens is 2. The van der Waals surface area contributed by atoms with Gasteiger partial charge in [-0.25, -0.2) is 0 Å². The van der Waals surface area contributed by atoms with Gasteiger partial charge >= 0.3 is 0 Å². The Balaban J connectivity index is 1.61. The molecule has 0 aromatic carbocycles. The van der Waals surface area contributed by atoms with Gasteiger partial charge in [0.05, 0.1) is 5.69 Å². The molecule has 1 aliphatic rings. The summed E-state index contributed by atoms with van der Waals surface area (Å²) in [5.74, 6) is 0.406. The average Bonchev–Trinajstić information content (AvgIpc) is 2.93. The van der Waals surface area contributed by atoms with Crippen LogP contribution in [0.3, 0.4) is 0 Å². The molecule has 2 aromatic heterocycles. The second kappa shape index (κ2) is 7.86. The maximum absolute atomic E-state index is 12.3. The molecular formula is C19H27N5O2. The number of rotatable bonds is 5. The van der Waals surface area contributed by atoms with Crippen LogP contribution in [-0.4, -0.2) is 39.1 Å². The number of aromatic amines is 2. The Morgan fingerprint density at radius 2 is 2.04 bits per heavy atom. The molecule has 0 saturated carbocycles. The Bertz CT molecular complexity index is 811. The van der Waals surface area contributed by atoms with Crippen LogP contribution in [0, 0.1) is 19.8 Å². The van der Waals surface area contributed by atoms with Crippen LogP contribution < -0.4 is 10.9 Å². The minimum Gasteiger partial charge on any atom is -0.348 e. The molecule has 0 spiro atoms. The van der Waals surface area contributed by atoms with Crippen molar-refractivity contribution in [3.8, 4) is 0 Å². The third-order valence-corrected chi connectivity index (χ3v) is 5.19. The summed E-state index contributed by atoms with van der Waals surface area (Å²) in [6, 6.07) is 3.45. The molecule has 1 aliphatic heterocycles. The highest BCUT2D eigenvalue weighted by atomic mass is 16.2. The lowest BCUT2D eigenvalue weighted by Gasteiger charge is -2.29. The number of aryl methyl sites for hydroxylation is 2. The van der Waals surface area contributed by atoms with E-state index in [1.807, 2.05) is 19.9 Å². The van der Waals surface area contributed by atoms with Crippen LogP contribution in [0.5, 0.6) is 0 Å². The molecule has 3 N–H and O–H groups in total. The lowest BCUT2D eigenvalue weighted by molar-refractivity contribution is 0.0949. The van der Waals surface area contributed by atoms with E-state index in [0.717, 1.165) is 48.2 Å². The lowest BCUT2D eigenvalue weighted by Crippen LogP contribution is -2.34. The van der Waals surface area contributed by atoms with Crippen molar-refractivity contribution in [3.05, 3.63) is 50.7 Å². The second-order valence-corrected chi connectivity index (χ2v) is 7.28. The van der Waals surface area contributed by atoms with Crippen molar-refractivity contribution in [1.29, 1.82) is 0 Å². The zero-order valence-corrected chi connectivity index (χ0v) is 15.7. The molecule has 7 nitrogen and oxygen atoms in total. The number of amides is 1. The van der Waals surface area contributed by atoms with Gasteiger partial charge in [-0.2, -0.15) is 5.10 Å². The van der Waals surface area contributed by atoms with E-state index in [-0.39, 0.29) is 17.0 Å². The summed E-state index contributed by atoms with van der Waals surface area (Å²) >= 11 is 0. The predicted molar refractivity (Wildman–Crippen MR) is 100.0 cm³/mol. The van der Waals surface area contributed by atoms with Crippen molar-refractivity contribution < 1.29 is 4.79 Å². The Morgan fingerprint density at radius 3 is 2.65 bits per heavy atom. The second-order valence-electron chi connectivity index (χ2n) is 7.28. The highest BCUT2D eigenvalue weighted by Crippen LogP contribution is 2.17. The quantitative estimate of drug-likeness (QED) is 0.761. The van der Waals surface area contributed by atoms with Crippen LogP contribution >= 0.6 is 0 Å². The summed E-state index contributed by atoms with van der Waals surface area (Å²) in [7, 11) is 0. The van der Waals surface area contributed by atoms with Crippen molar-refractivity contribution in [3.63, 3.8) is 0 Å². The number of piperidine rings is 1. The van der Waals surface area contributed by atoms with Gasteiger partial charge < -0.3 is 10.3 Å². The highest BCUT2D eigenvalue weighted by Gasteiger charge is 2.17. The van der Waals surface area contributed by atoms with E-state index in [9.17, 15) is 9.59 Å². The molecule has 0 bridgehead atoms. The standard InChI is InChI=1S/C19H27N5O2/c1-12-6-8-24(9-7-12)11-15-4-5-16(19(26)21-15)18(25)20-10-17-13(2)22-23-14(17)3/h4-5,12H,6-11H2,1-3H3,(H,20,25)(H,21,26)(H,22,23). The van der Waals surface area contributed by atoms with Gasteiger partial charge in [-0.05, 0) is 57.8 Å². The number of hydrogen-bond acceptors (Lipinski definition) is 4. The first-order valence-corrected chi connectivity index (χ1v) is 9.17. The molecule has 1 amide bonds. The predicted octanol–water partition coefficient (Wildman–Crippen LogP) is 1.88. The Morgan fingerprint density at radius 1 is 1.31 bits per heavy atom. The van der Waals surface area contributed by atoms with E-state index in [2.05, 4.69) is 32.3 Å². The first-order valence-electron chi connectivity index (χ1n) is 9.17. The van der Waals surface area contributed by atoms with E-state index in [4.69, 9.17) is 0 Å². The van der Waals surface area contributed by atoms with Crippen molar-refractivity contribution in [2.45, 2.75) is 46.7 Å². The van der Waals surface area contributed by atoms with Crippen LogP contribution in [0.1, 0.15) is 52.8 Å². The minimum atomic E-state index is -0.371. The van der Waals surface area contributed by atoms with Crippen LogP contribution in [-0.2, 0) is 13.1 Å². The van der Waals surface area contributed by atoms with Gasteiger partial charge in [0, 0.05) is 30.0 Å². The fourth-order valence-electron chi connectivity index (χ4n) is 3.34. The SMILES string of the molecule is Cc1n[nH]c(C)c1CNC(=O)c1ccc(CN2CCC(C)CC2)[nH]c1=O. The van der Waals surface area contributed by atoms with E-state index in [0.29, 0.717) is 6.54 Å². The first kappa shape index (κ1) is 18.4. The molecule has 0 atom stereocenters. The largest absolute Gasteiger partial charge is 0.348 e. The highest BCUT2D eigenvalue weighted by molar-refractivity contribution is 5.93. The number of carbonyl (C=O) groups excluding carboxylic acids is 1. The molecule has 3 heterocycles. The molecule has 26 heavy (non-hydrogen) atoms. The summed E-state index contributed by atoms with van der Waals surface area (Å²) < 4.78 is 0. The van der Waals surface area contributed by atoms with Crippen LogP contribution in [0.15, 0.2) is 16.9 Å². The van der Waals surface area contributed by atoms with Crippen LogP contribution in [0.25, 0.3) is 0 Å². The summed E-state index contributed by atoms with van der Waals surface area (Å²) in [4.78, 5) is 29.9. The van der Waals surface area contributed by atoms with Crippen LogP contribution in [0.4, 0.5) is 0 Å². The number of likely N-dealkylation sites (tertiary alicyclic amines) is 1. The molecule has 0 unspecified atom stereocenters. The normalized spacial score (nSPS) is 16.0. The Hall–Kier alpha value is -2.41. The minimum absolute atomic E-state index is 0.139. The fraction of sp³-hybridized carbons (Fsp3) is 0.526. The van der Waals surface area contributed by atoms with Gasteiger partial charge in [0.15, 0.2) is 0 Å². The molecule has 1 saturated heterocycles. The van der Waals surface area contributed by atoms with Crippen molar-refractivity contribution in [2.24, 2.45) is 5.92 Å². The number of aromatic nitrogens is 3. The van der Waals surface area contributed by atoms with Gasteiger partial charge in [0.1, 0.15) is 5.56 Å². The summed E-state index contributed by atoms with van der Waals surface area (Å²) in [5.41, 5.74) is 3.37. The Kier molecular flexibility index (Phi) is 5.56. The van der Waals surface area contributed by atoms with Crippen molar-refractivity contribution >= 4 is 5.91 Å². The summed E-state index contributed by atoms with van der Waals surface area (Å²) in [6.07, 6.45) is 2.38. The van der Waals surface area contributed by atoms with Gasteiger partial charge in [-0.15, -0.1) is 0 Å².